The van der Waals surface area contributed by atoms with Crippen LogP contribution in [0.15, 0.2) is 18.2 Å². The van der Waals surface area contributed by atoms with Crippen LogP contribution in [-0.2, 0) is 9.53 Å². The van der Waals surface area contributed by atoms with Gasteiger partial charge in [-0.15, -0.1) is 0 Å². The Balaban J connectivity index is 2.69. The first-order valence-corrected chi connectivity index (χ1v) is 6.26. The molecule has 0 radical (unpaired) electrons. The minimum absolute atomic E-state index is 0.0705. The Hall–Kier alpha value is -1.99. The van der Waals surface area contributed by atoms with Gasteiger partial charge in [-0.2, -0.15) is 0 Å². The van der Waals surface area contributed by atoms with E-state index in [4.69, 9.17) is 10.5 Å². The minimum atomic E-state index is -0.663. The lowest BCUT2D eigenvalue weighted by Crippen LogP contribution is -2.35. The van der Waals surface area contributed by atoms with Crippen LogP contribution in [0.2, 0.25) is 0 Å². The molecule has 0 saturated carbocycles. The van der Waals surface area contributed by atoms with Gasteiger partial charge in [-0.1, -0.05) is 6.07 Å². The number of non-ortho nitro benzene ring substituents is 1. The molecule has 0 spiro atoms. The molecule has 7 heteroatoms. The summed E-state index contributed by atoms with van der Waals surface area (Å²) in [6, 6.07) is 3.65. The van der Waals surface area contributed by atoms with E-state index in [1.807, 2.05) is 0 Å². The number of rotatable bonds is 7. The van der Waals surface area contributed by atoms with Crippen LogP contribution >= 0.6 is 0 Å². The van der Waals surface area contributed by atoms with Crippen LogP contribution in [0.4, 0.5) is 11.4 Å². The van der Waals surface area contributed by atoms with E-state index in [1.165, 1.54) is 12.1 Å². The van der Waals surface area contributed by atoms with E-state index >= 15 is 0 Å². The number of carbonyl (C=O) groups is 1. The largest absolute Gasteiger partial charge is 0.385 e. The average molecular weight is 281 g/mol. The van der Waals surface area contributed by atoms with Gasteiger partial charge in [-0.3, -0.25) is 14.9 Å². The Kier molecular flexibility index (Phi) is 6.08. The van der Waals surface area contributed by atoms with Crippen LogP contribution in [-0.4, -0.2) is 30.6 Å². The van der Waals surface area contributed by atoms with Crippen molar-refractivity contribution in [1.29, 1.82) is 0 Å². The van der Waals surface area contributed by atoms with E-state index in [0.29, 0.717) is 25.1 Å². The predicted octanol–water partition coefficient (Wildman–Crippen LogP) is 1.60. The normalized spacial score (nSPS) is 11.9. The first-order valence-electron chi connectivity index (χ1n) is 6.26. The predicted molar refractivity (Wildman–Crippen MR) is 75.5 cm³/mol. The van der Waals surface area contributed by atoms with Crippen molar-refractivity contribution < 1.29 is 14.5 Å². The highest BCUT2D eigenvalue weighted by Crippen LogP contribution is 2.22. The van der Waals surface area contributed by atoms with Gasteiger partial charge in [0.25, 0.3) is 5.69 Å². The Morgan fingerprint density at radius 3 is 2.85 bits per heavy atom. The maximum absolute atomic E-state index is 11.9. The molecule has 1 amide bonds. The van der Waals surface area contributed by atoms with E-state index < -0.39 is 11.0 Å². The molecular weight excluding hydrogens is 262 g/mol. The second kappa shape index (κ2) is 7.56. The summed E-state index contributed by atoms with van der Waals surface area (Å²) >= 11 is 0. The molecule has 1 rings (SSSR count). The molecule has 0 aliphatic rings. The van der Waals surface area contributed by atoms with Gasteiger partial charge in [-0.25, -0.2) is 0 Å². The third-order valence-electron chi connectivity index (χ3n) is 2.89. The Bertz CT molecular complexity index is 491. The van der Waals surface area contributed by atoms with Crippen molar-refractivity contribution >= 4 is 17.3 Å². The maximum Gasteiger partial charge on any atom is 0.271 e. The molecule has 0 fully saturated rings. The molecule has 0 heterocycles. The fourth-order valence-corrected chi connectivity index (χ4v) is 1.66. The second-order valence-electron chi connectivity index (χ2n) is 4.49. The van der Waals surface area contributed by atoms with Gasteiger partial charge in [0.05, 0.1) is 16.7 Å². The third kappa shape index (κ3) is 4.60. The van der Waals surface area contributed by atoms with Crippen LogP contribution in [0.25, 0.3) is 0 Å². The van der Waals surface area contributed by atoms with Gasteiger partial charge in [0.1, 0.15) is 0 Å². The number of nitrogens with zero attached hydrogens (tertiary/aromatic N) is 1. The first-order chi connectivity index (χ1) is 9.45. The highest BCUT2D eigenvalue weighted by molar-refractivity contribution is 5.95. The summed E-state index contributed by atoms with van der Waals surface area (Å²) in [5.74, 6) is -0.357. The Morgan fingerprint density at radius 1 is 1.55 bits per heavy atom. The van der Waals surface area contributed by atoms with Crippen LogP contribution in [0.5, 0.6) is 0 Å². The van der Waals surface area contributed by atoms with Crippen LogP contribution < -0.4 is 11.1 Å². The topological polar surface area (TPSA) is 107 Å². The van der Waals surface area contributed by atoms with Gasteiger partial charge in [0, 0.05) is 25.8 Å². The minimum Gasteiger partial charge on any atom is -0.385 e. The molecule has 0 aromatic heterocycles. The summed E-state index contributed by atoms with van der Waals surface area (Å²) < 4.78 is 4.89. The van der Waals surface area contributed by atoms with Crippen LogP contribution in [0.3, 0.4) is 0 Å². The SMILES string of the molecule is COCCCC(N)C(=O)Nc1cc([N+](=O)[O-])ccc1C. The first kappa shape index (κ1) is 16.1. The lowest BCUT2D eigenvalue weighted by molar-refractivity contribution is -0.384. The molecule has 1 unspecified atom stereocenters. The van der Waals surface area contributed by atoms with Gasteiger partial charge >= 0.3 is 0 Å². The standard InChI is InChI=1S/C13H19N3O4/c1-9-5-6-10(16(18)19)8-12(9)15-13(17)11(14)4-3-7-20-2/h5-6,8,11H,3-4,7,14H2,1-2H3,(H,15,17). The number of methoxy groups -OCH3 is 1. The van der Waals surface area contributed by atoms with E-state index in [2.05, 4.69) is 5.32 Å². The second-order valence-corrected chi connectivity index (χ2v) is 4.49. The van der Waals surface area contributed by atoms with E-state index in [-0.39, 0.29) is 11.6 Å². The van der Waals surface area contributed by atoms with Crippen molar-refractivity contribution in [2.24, 2.45) is 5.73 Å². The molecule has 0 aliphatic carbocycles. The monoisotopic (exact) mass is 281 g/mol. The third-order valence-corrected chi connectivity index (χ3v) is 2.89. The van der Waals surface area contributed by atoms with E-state index in [9.17, 15) is 14.9 Å². The quantitative estimate of drug-likeness (QED) is 0.448. The molecule has 1 aromatic carbocycles. The van der Waals surface area contributed by atoms with Crippen molar-refractivity contribution in [2.75, 3.05) is 19.0 Å². The summed E-state index contributed by atoms with van der Waals surface area (Å²) in [6.45, 7) is 2.30. The Labute approximate surface area is 117 Å². The van der Waals surface area contributed by atoms with Gasteiger partial charge in [0.2, 0.25) is 5.91 Å². The molecule has 1 aromatic rings. The van der Waals surface area contributed by atoms with Gasteiger partial charge in [0.15, 0.2) is 0 Å². The molecule has 7 nitrogen and oxygen atoms in total. The van der Waals surface area contributed by atoms with E-state index in [1.54, 1.807) is 20.1 Å². The number of aryl methyl sites for hydroxylation is 1. The highest BCUT2D eigenvalue weighted by Gasteiger charge is 2.16. The van der Waals surface area contributed by atoms with E-state index in [0.717, 1.165) is 5.56 Å². The van der Waals surface area contributed by atoms with Crippen molar-refractivity contribution in [2.45, 2.75) is 25.8 Å². The Morgan fingerprint density at radius 2 is 2.25 bits per heavy atom. The van der Waals surface area contributed by atoms with Crippen molar-refractivity contribution in [3.05, 3.63) is 33.9 Å². The van der Waals surface area contributed by atoms with Crippen molar-refractivity contribution in [3.8, 4) is 0 Å². The van der Waals surface area contributed by atoms with Crippen molar-refractivity contribution in [1.82, 2.24) is 0 Å². The van der Waals surface area contributed by atoms with Gasteiger partial charge in [-0.05, 0) is 25.3 Å². The molecule has 1 atom stereocenters. The molecule has 110 valence electrons. The fourth-order valence-electron chi connectivity index (χ4n) is 1.66. The summed E-state index contributed by atoms with van der Waals surface area (Å²) in [6.07, 6.45) is 1.17. The maximum atomic E-state index is 11.9. The fraction of sp³-hybridized carbons (Fsp3) is 0.462. The number of nitrogens with one attached hydrogen (secondary N) is 1. The zero-order valence-corrected chi connectivity index (χ0v) is 11.6. The number of amides is 1. The molecule has 0 bridgehead atoms. The average Bonchev–Trinajstić information content (AvgIpc) is 2.41. The summed E-state index contributed by atoms with van der Waals surface area (Å²) in [5, 5.41) is 13.3. The molecule has 20 heavy (non-hydrogen) atoms. The zero-order chi connectivity index (χ0) is 15.1. The smallest absolute Gasteiger partial charge is 0.271 e. The summed E-state index contributed by atoms with van der Waals surface area (Å²) in [5.41, 5.74) is 6.83. The zero-order valence-electron chi connectivity index (χ0n) is 11.6. The number of nitrogens with two attached hydrogens (primary N) is 1. The highest BCUT2D eigenvalue weighted by atomic mass is 16.6. The molecule has 3 N–H and O–H groups in total. The lowest BCUT2D eigenvalue weighted by Gasteiger charge is -2.13. The van der Waals surface area contributed by atoms with Crippen LogP contribution in [0, 0.1) is 17.0 Å². The number of hydrogen-bond donors (Lipinski definition) is 2. The lowest BCUT2D eigenvalue weighted by atomic mass is 10.1. The number of hydrogen-bond acceptors (Lipinski definition) is 5. The molecule has 0 saturated heterocycles. The number of carbonyl (C=O) groups excluding carboxylic acids is 1. The molecular formula is C13H19N3O4. The number of ether oxygens (including phenoxy) is 1. The summed E-state index contributed by atoms with van der Waals surface area (Å²) in [7, 11) is 1.58. The van der Waals surface area contributed by atoms with Gasteiger partial charge < -0.3 is 15.8 Å². The number of nitro benzene ring substituents is 1. The number of anilines is 1. The molecule has 0 aliphatic heterocycles. The van der Waals surface area contributed by atoms with Crippen molar-refractivity contribution in [3.63, 3.8) is 0 Å². The number of benzene rings is 1. The number of nitro groups is 1. The summed E-state index contributed by atoms with van der Waals surface area (Å²) in [4.78, 5) is 22.1. The van der Waals surface area contributed by atoms with Crippen LogP contribution in [0.1, 0.15) is 18.4 Å².